The van der Waals surface area contributed by atoms with Crippen LogP contribution in [0.2, 0.25) is 0 Å². The number of benzene rings is 1. The van der Waals surface area contributed by atoms with E-state index in [1.54, 1.807) is 14.2 Å². The van der Waals surface area contributed by atoms with Crippen LogP contribution in [0, 0.1) is 10.1 Å². The quantitative estimate of drug-likeness (QED) is 0.644. The largest absolute Gasteiger partial charge is 0.493 e. The van der Waals surface area contributed by atoms with Crippen LogP contribution in [-0.4, -0.2) is 37.1 Å². The van der Waals surface area contributed by atoms with Crippen LogP contribution in [0.25, 0.3) is 0 Å². The van der Waals surface area contributed by atoms with Gasteiger partial charge >= 0.3 is 0 Å². The maximum atomic E-state index is 10.6. The lowest BCUT2D eigenvalue weighted by molar-refractivity contribution is -0.404. The van der Waals surface area contributed by atoms with E-state index < -0.39 is 4.92 Å². The van der Waals surface area contributed by atoms with Crippen molar-refractivity contribution in [3.05, 3.63) is 45.9 Å². The second kappa shape index (κ2) is 6.14. The Morgan fingerprint density at radius 3 is 2.80 bits per heavy atom. The van der Waals surface area contributed by atoms with Gasteiger partial charge in [-0.2, -0.15) is 0 Å². The number of hydrogen-bond acceptors (Lipinski definition) is 6. The molecule has 2 rings (SSSR count). The van der Waals surface area contributed by atoms with E-state index in [1.165, 1.54) is 0 Å². The molecule has 0 bridgehead atoms. The molecule has 1 N–H and O–H groups in total. The van der Waals surface area contributed by atoms with Crippen LogP contribution in [0.1, 0.15) is 5.56 Å². The van der Waals surface area contributed by atoms with Gasteiger partial charge in [0.25, 0.3) is 6.20 Å². The zero-order chi connectivity index (χ0) is 14.5. The molecule has 1 aliphatic rings. The Hall–Kier alpha value is -2.44. The second-order valence-electron chi connectivity index (χ2n) is 4.34. The fourth-order valence-electron chi connectivity index (χ4n) is 2.14. The van der Waals surface area contributed by atoms with Crippen molar-refractivity contribution < 1.29 is 14.4 Å². The number of hydrogen-bond donors (Lipinski definition) is 1. The molecule has 0 unspecified atom stereocenters. The maximum Gasteiger partial charge on any atom is 0.274 e. The first kappa shape index (κ1) is 14.0. The van der Waals surface area contributed by atoms with Gasteiger partial charge in [-0.3, -0.25) is 10.1 Å². The Labute approximate surface area is 116 Å². The average molecular weight is 279 g/mol. The molecule has 1 heterocycles. The Morgan fingerprint density at radius 2 is 2.15 bits per heavy atom. The molecule has 1 aromatic rings. The average Bonchev–Trinajstić information content (AvgIpc) is 2.85. The van der Waals surface area contributed by atoms with E-state index >= 15 is 0 Å². The van der Waals surface area contributed by atoms with Crippen LogP contribution in [-0.2, 0) is 6.54 Å². The lowest BCUT2D eigenvalue weighted by Crippen LogP contribution is -2.20. The zero-order valence-electron chi connectivity index (χ0n) is 11.5. The van der Waals surface area contributed by atoms with Crippen molar-refractivity contribution in [3.8, 4) is 11.5 Å². The van der Waals surface area contributed by atoms with Crippen LogP contribution < -0.4 is 14.8 Å². The smallest absolute Gasteiger partial charge is 0.274 e. The zero-order valence-corrected chi connectivity index (χ0v) is 11.5. The molecule has 0 amide bonds. The van der Waals surface area contributed by atoms with Gasteiger partial charge in [0.15, 0.2) is 17.3 Å². The molecule has 0 aromatic heterocycles. The van der Waals surface area contributed by atoms with Gasteiger partial charge < -0.3 is 19.7 Å². The number of methoxy groups -OCH3 is 2. The number of rotatable bonds is 5. The third-order valence-electron chi connectivity index (χ3n) is 3.08. The maximum absolute atomic E-state index is 10.6. The Balaban J connectivity index is 2.15. The summed E-state index contributed by atoms with van der Waals surface area (Å²) in [6.45, 7) is 2.01. The fraction of sp³-hybridized carbons (Fsp3) is 0.385. The normalized spacial score (nSPS) is 16.1. The third kappa shape index (κ3) is 3.11. The standard InChI is InChI=1S/C13H17N3O4/c1-19-11-4-3-10(7-12(11)20-2)8-15-6-5-14-13(15)9-16(17)18/h3-4,7,9,14H,5-6,8H2,1-2H3. The van der Waals surface area contributed by atoms with E-state index in [4.69, 9.17) is 9.47 Å². The summed E-state index contributed by atoms with van der Waals surface area (Å²) in [4.78, 5) is 12.0. The highest BCUT2D eigenvalue weighted by Crippen LogP contribution is 2.28. The van der Waals surface area contributed by atoms with E-state index in [-0.39, 0.29) is 0 Å². The molecule has 7 nitrogen and oxygen atoms in total. The number of ether oxygens (including phenoxy) is 2. The van der Waals surface area contributed by atoms with E-state index in [0.29, 0.717) is 30.4 Å². The van der Waals surface area contributed by atoms with Crippen molar-refractivity contribution in [3.63, 3.8) is 0 Å². The Bertz CT molecular complexity index is 530. The Kier molecular flexibility index (Phi) is 4.29. The van der Waals surface area contributed by atoms with E-state index in [0.717, 1.165) is 18.3 Å². The van der Waals surface area contributed by atoms with E-state index in [2.05, 4.69) is 5.32 Å². The highest BCUT2D eigenvalue weighted by Gasteiger charge is 2.20. The van der Waals surface area contributed by atoms with Crippen molar-refractivity contribution in [1.29, 1.82) is 0 Å². The van der Waals surface area contributed by atoms with Crippen LogP contribution in [0.15, 0.2) is 30.2 Å². The van der Waals surface area contributed by atoms with Crippen molar-refractivity contribution in [2.45, 2.75) is 6.54 Å². The molecule has 0 aliphatic carbocycles. The molecule has 1 aromatic carbocycles. The van der Waals surface area contributed by atoms with E-state index in [9.17, 15) is 10.1 Å². The van der Waals surface area contributed by atoms with Gasteiger partial charge in [-0.1, -0.05) is 6.07 Å². The summed E-state index contributed by atoms with van der Waals surface area (Å²) < 4.78 is 10.4. The minimum Gasteiger partial charge on any atom is -0.493 e. The molecular weight excluding hydrogens is 262 g/mol. The van der Waals surface area contributed by atoms with Crippen LogP contribution in [0.3, 0.4) is 0 Å². The summed E-state index contributed by atoms with van der Waals surface area (Å²) in [6, 6.07) is 5.62. The summed E-state index contributed by atoms with van der Waals surface area (Å²) in [5, 5.41) is 13.6. The van der Waals surface area contributed by atoms with Crippen molar-refractivity contribution >= 4 is 0 Å². The fourth-order valence-corrected chi connectivity index (χ4v) is 2.14. The van der Waals surface area contributed by atoms with Crippen molar-refractivity contribution in [1.82, 2.24) is 10.2 Å². The van der Waals surface area contributed by atoms with Crippen molar-refractivity contribution in [2.24, 2.45) is 0 Å². The highest BCUT2D eigenvalue weighted by atomic mass is 16.6. The van der Waals surface area contributed by atoms with Crippen LogP contribution in [0.4, 0.5) is 0 Å². The molecule has 1 fully saturated rings. The molecule has 0 spiro atoms. The van der Waals surface area contributed by atoms with Gasteiger partial charge in [-0.05, 0) is 17.7 Å². The van der Waals surface area contributed by atoms with Gasteiger partial charge in [0, 0.05) is 19.6 Å². The van der Waals surface area contributed by atoms with E-state index in [1.807, 2.05) is 23.1 Å². The number of nitro groups is 1. The highest BCUT2D eigenvalue weighted by molar-refractivity contribution is 5.43. The molecule has 108 valence electrons. The monoisotopic (exact) mass is 279 g/mol. The number of nitrogens with zero attached hydrogens (tertiary/aromatic N) is 2. The molecule has 20 heavy (non-hydrogen) atoms. The van der Waals surface area contributed by atoms with Crippen molar-refractivity contribution in [2.75, 3.05) is 27.3 Å². The molecule has 1 aliphatic heterocycles. The molecule has 7 heteroatoms. The van der Waals surface area contributed by atoms with Gasteiger partial charge in [-0.25, -0.2) is 0 Å². The molecule has 0 saturated carbocycles. The predicted octanol–water partition coefficient (Wildman–Crippen LogP) is 1.18. The summed E-state index contributed by atoms with van der Waals surface area (Å²) >= 11 is 0. The van der Waals surface area contributed by atoms with Crippen LogP contribution in [0.5, 0.6) is 11.5 Å². The first-order valence-electron chi connectivity index (χ1n) is 6.19. The first-order valence-corrected chi connectivity index (χ1v) is 6.19. The topological polar surface area (TPSA) is 76.9 Å². The lowest BCUT2D eigenvalue weighted by atomic mass is 10.2. The summed E-state index contributed by atoms with van der Waals surface area (Å²) in [7, 11) is 3.16. The molecular formula is C13H17N3O4. The van der Waals surface area contributed by atoms with Crippen LogP contribution >= 0.6 is 0 Å². The van der Waals surface area contributed by atoms with Gasteiger partial charge in [0.1, 0.15) is 0 Å². The summed E-state index contributed by atoms with van der Waals surface area (Å²) in [5.74, 6) is 1.85. The molecule has 1 saturated heterocycles. The Morgan fingerprint density at radius 1 is 1.40 bits per heavy atom. The molecule has 0 radical (unpaired) electrons. The van der Waals surface area contributed by atoms with Gasteiger partial charge in [0.05, 0.1) is 19.1 Å². The molecule has 0 atom stereocenters. The summed E-state index contributed by atoms with van der Waals surface area (Å²) in [6.07, 6.45) is 0.994. The summed E-state index contributed by atoms with van der Waals surface area (Å²) in [5.41, 5.74) is 1.00. The minimum atomic E-state index is -0.449. The van der Waals surface area contributed by atoms with Gasteiger partial charge in [0.2, 0.25) is 0 Å². The predicted molar refractivity (Wildman–Crippen MR) is 73.0 cm³/mol. The SMILES string of the molecule is COc1ccc(CN2CCNC2=C[N+](=O)[O-])cc1OC. The first-order chi connectivity index (χ1) is 9.63. The number of nitrogens with one attached hydrogen (secondary N) is 1. The van der Waals surface area contributed by atoms with Gasteiger partial charge in [-0.15, -0.1) is 0 Å². The second-order valence-corrected chi connectivity index (χ2v) is 4.34. The minimum absolute atomic E-state index is 0.449. The lowest BCUT2D eigenvalue weighted by Gasteiger charge is -2.18. The third-order valence-corrected chi connectivity index (χ3v) is 3.08.